The summed E-state index contributed by atoms with van der Waals surface area (Å²) in [5.74, 6) is -0.536. The molecule has 6 aromatic carbocycles. The molecule has 14 heteroatoms. The van der Waals surface area contributed by atoms with Crippen LogP contribution in [0.1, 0.15) is 37.8 Å². The second kappa shape index (κ2) is 14.6. The normalized spacial score (nSPS) is 12.5. The number of benzene rings is 6. The van der Waals surface area contributed by atoms with Crippen LogP contribution in [0.5, 0.6) is 11.5 Å². The van der Waals surface area contributed by atoms with Crippen LogP contribution in [0.25, 0.3) is 32.7 Å². The van der Waals surface area contributed by atoms with E-state index < -0.39 is 20.2 Å². The lowest BCUT2D eigenvalue weighted by atomic mass is 9.96. The van der Waals surface area contributed by atoms with Crippen molar-refractivity contribution in [3.8, 4) is 22.6 Å². The molecule has 6 rings (SSSR count). The first-order valence-electron chi connectivity index (χ1n) is 16.3. The van der Waals surface area contributed by atoms with Gasteiger partial charge < -0.3 is 10.2 Å². The quantitative estimate of drug-likeness (QED) is 0.0743. The van der Waals surface area contributed by atoms with E-state index in [-0.39, 0.29) is 54.2 Å². The van der Waals surface area contributed by atoms with Crippen LogP contribution in [-0.2, 0) is 33.1 Å². The SMILES string of the molecule is CCCc1cc(-c2ccc(N=Nc3cc(S(=O)(=O)O)c4ccccc4c3O)c(CCC)c2)ccc1N=Nc1cc(S(=O)(=O)O)c2ccccc2c1O. The Bertz CT molecular complexity index is 2460. The van der Waals surface area contributed by atoms with E-state index in [9.17, 15) is 36.2 Å². The first-order valence-corrected chi connectivity index (χ1v) is 19.2. The number of aromatic hydroxyl groups is 2. The van der Waals surface area contributed by atoms with Crippen molar-refractivity contribution in [2.45, 2.75) is 49.3 Å². The van der Waals surface area contributed by atoms with Crippen LogP contribution in [-0.4, -0.2) is 36.2 Å². The van der Waals surface area contributed by atoms with Crippen LogP contribution in [0.3, 0.4) is 0 Å². The number of phenols is 2. The summed E-state index contributed by atoms with van der Waals surface area (Å²) >= 11 is 0. The van der Waals surface area contributed by atoms with Gasteiger partial charge in [-0.05, 0) is 71.5 Å². The van der Waals surface area contributed by atoms with Gasteiger partial charge in [0.2, 0.25) is 0 Å². The average molecular weight is 739 g/mol. The van der Waals surface area contributed by atoms with Crippen LogP contribution in [0.4, 0.5) is 22.7 Å². The maximum Gasteiger partial charge on any atom is 0.295 e. The van der Waals surface area contributed by atoms with E-state index in [0.717, 1.165) is 47.2 Å². The van der Waals surface area contributed by atoms with Gasteiger partial charge in [0.1, 0.15) is 21.2 Å². The summed E-state index contributed by atoms with van der Waals surface area (Å²) in [6.07, 6.45) is 2.89. The van der Waals surface area contributed by atoms with E-state index in [1.807, 2.05) is 38.1 Å². The number of aryl methyl sites for hydroxylation is 2. The van der Waals surface area contributed by atoms with Crippen LogP contribution in [0, 0.1) is 0 Å². The molecule has 0 aliphatic carbocycles. The Morgan fingerprint density at radius 1 is 0.481 bits per heavy atom. The number of rotatable bonds is 11. The molecule has 266 valence electrons. The van der Waals surface area contributed by atoms with Gasteiger partial charge in [-0.2, -0.15) is 27.1 Å². The third kappa shape index (κ3) is 7.41. The number of fused-ring (bicyclic) bond motifs is 2. The summed E-state index contributed by atoms with van der Waals surface area (Å²) in [5.41, 5.74) is 4.31. The lowest BCUT2D eigenvalue weighted by Gasteiger charge is -2.12. The van der Waals surface area contributed by atoms with Crippen molar-refractivity contribution in [1.82, 2.24) is 0 Å². The highest BCUT2D eigenvalue weighted by molar-refractivity contribution is 7.86. The molecule has 0 heterocycles. The van der Waals surface area contributed by atoms with Gasteiger partial charge in [0.25, 0.3) is 20.2 Å². The van der Waals surface area contributed by atoms with E-state index in [1.165, 1.54) is 24.3 Å². The Balaban J connectivity index is 1.35. The van der Waals surface area contributed by atoms with Crippen molar-refractivity contribution in [3.05, 3.63) is 108 Å². The molecule has 0 fully saturated rings. The molecule has 0 aliphatic rings. The van der Waals surface area contributed by atoms with E-state index in [0.29, 0.717) is 24.2 Å². The molecular formula is C38H34N4O8S2. The monoisotopic (exact) mass is 738 g/mol. The number of azo groups is 2. The lowest BCUT2D eigenvalue weighted by molar-refractivity contribution is 0.477. The fraction of sp³-hybridized carbons (Fsp3) is 0.158. The minimum absolute atomic E-state index is 0.113. The van der Waals surface area contributed by atoms with E-state index in [4.69, 9.17) is 0 Å². The van der Waals surface area contributed by atoms with E-state index >= 15 is 0 Å². The topological polar surface area (TPSA) is 199 Å². The Kier molecular flexibility index (Phi) is 10.2. The molecule has 52 heavy (non-hydrogen) atoms. The third-order valence-electron chi connectivity index (χ3n) is 8.53. The van der Waals surface area contributed by atoms with Gasteiger partial charge in [0, 0.05) is 21.5 Å². The number of hydrogen-bond donors (Lipinski definition) is 4. The Morgan fingerprint density at radius 3 is 1.17 bits per heavy atom. The van der Waals surface area contributed by atoms with Crippen LogP contribution >= 0.6 is 0 Å². The van der Waals surface area contributed by atoms with Crippen molar-refractivity contribution < 1.29 is 36.2 Å². The highest BCUT2D eigenvalue weighted by Gasteiger charge is 2.21. The zero-order valence-electron chi connectivity index (χ0n) is 28.1. The van der Waals surface area contributed by atoms with Crippen molar-refractivity contribution >= 4 is 64.5 Å². The zero-order chi connectivity index (χ0) is 37.2. The fourth-order valence-corrected chi connectivity index (χ4v) is 7.52. The molecule has 0 aromatic heterocycles. The van der Waals surface area contributed by atoms with E-state index in [1.54, 1.807) is 36.4 Å². The van der Waals surface area contributed by atoms with Crippen LogP contribution < -0.4 is 0 Å². The maximum absolute atomic E-state index is 12.1. The first-order chi connectivity index (χ1) is 24.8. The molecule has 0 aliphatic heterocycles. The Hall–Kier alpha value is -5.54. The summed E-state index contributed by atoms with van der Waals surface area (Å²) in [6.45, 7) is 4.04. The highest BCUT2D eigenvalue weighted by atomic mass is 32.2. The maximum atomic E-state index is 12.1. The van der Waals surface area contributed by atoms with Gasteiger partial charge in [-0.3, -0.25) is 9.11 Å². The van der Waals surface area contributed by atoms with Crippen LogP contribution in [0.2, 0.25) is 0 Å². The zero-order valence-corrected chi connectivity index (χ0v) is 29.7. The molecule has 0 unspecified atom stereocenters. The molecule has 0 saturated heterocycles. The molecular weight excluding hydrogens is 705 g/mol. The number of phenolic OH excluding ortho intramolecular Hbond substituents is 2. The van der Waals surface area contributed by atoms with Gasteiger partial charge in [-0.25, -0.2) is 0 Å². The minimum Gasteiger partial charge on any atom is -0.505 e. The smallest absolute Gasteiger partial charge is 0.295 e. The van der Waals surface area contributed by atoms with Crippen molar-refractivity contribution in [3.63, 3.8) is 0 Å². The third-order valence-corrected chi connectivity index (χ3v) is 10.3. The molecule has 0 spiro atoms. The lowest BCUT2D eigenvalue weighted by Crippen LogP contribution is -1.99. The van der Waals surface area contributed by atoms with Gasteiger partial charge in [-0.1, -0.05) is 87.4 Å². The van der Waals surface area contributed by atoms with E-state index in [2.05, 4.69) is 20.5 Å². The molecule has 0 bridgehead atoms. The fourth-order valence-electron chi connectivity index (χ4n) is 6.08. The van der Waals surface area contributed by atoms with Gasteiger partial charge in [0.15, 0.2) is 11.5 Å². The molecule has 0 saturated carbocycles. The molecule has 0 atom stereocenters. The Labute approximate surface area is 300 Å². The van der Waals surface area contributed by atoms with Gasteiger partial charge >= 0.3 is 0 Å². The highest BCUT2D eigenvalue weighted by Crippen LogP contribution is 2.42. The summed E-state index contributed by atoms with van der Waals surface area (Å²) in [7, 11) is -9.24. The summed E-state index contributed by atoms with van der Waals surface area (Å²) in [5, 5.41) is 39.6. The predicted octanol–water partition coefficient (Wildman–Crippen LogP) is 10.3. The van der Waals surface area contributed by atoms with Crippen LogP contribution in [0.15, 0.2) is 127 Å². The molecule has 4 N–H and O–H groups in total. The largest absolute Gasteiger partial charge is 0.505 e. The predicted molar refractivity (Wildman–Crippen MR) is 199 cm³/mol. The van der Waals surface area contributed by atoms with Crippen molar-refractivity contribution in [2.75, 3.05) is 0 Å². The van der Waals surface area contributed by atoms with Gasteiger partial charge in [0.05, 0.1) is 11.4 Å². The summed E-state index contributed by atoms with van der Waals surface area (Å²) < 4.78 is 68.2. The molecule has 6 aromatic rings. The average Bonchev–Trinajstić information content (AvgIpc) is 3.11. The minimum atomic E-state index is -4.62. The first kappa shape index (κ1) is 36.3. The molecule has 12 nitrogen and oxygen atoms in total. The second-order valence-electron chi connectivity index (χ2n) is 12.1. The molecule has 0 amide bonds. The summed E-state index contributed by atoms with van der Waals surface area (Å²) in [4.78, 5) is -0.775. The summed E-state index contributed by atoms with van der Waals surface area (Å²) in [6, 6.07) is 25.9. The number of hydrogen-bond acceptors (Lipinski definition) is 10. The Morgan fingerprint density at radius 2 is 0.827 bits per heavy atom. The second-order valence-corrected chi connectivity index (χ2v) is 14.9. The van der Waals surface area contributed by atoms with Crippen molar-refractivity contribution in [2.24, 2.45) is 20.5 Å². The van der Waals surface area contributed by atoms with Gasteiger partial charge in [-0.15, -0.1) is 10.2 Å². The standard InChI is InChI=1S/C38H34N4O8S2/c1-3-9-25-19-23(15-17-31(25)39-41-33-21-35(51(45,46)47)27-11-5-7-13-29(27)37(33)43)24-16-18-32(26(20-24)10-4-2)40-42-34-22-36(52(48,49)50)28-12-6-8-14-30(28)38(34)44/h5-8,11-22,43-44H,3-4,9-10H2,1-2H3,(H,45,46,47)(H,48,49,50). The van der Waals surface area contributed by atoms with Crippen molar-refractivity contribution in [1.29, 1.82) is 0 Å². The molecule has 0 radical (unpaired) electrons. The number of nitrogens with zero attached hydrogens (tertiary/aromatic N) is 4.